The summed E-state index contributed by atoms with van der Waals surface area (Å²) in [5.41, 5.74) is 0.106. The monoisotopic (exact) mass is 238 g/mol. The molecule has 0 spiro atoms. The average molecular weight is 238 g/mol. The number of anilines is 1. The van der Waals surface area contributed by atoms with Crippen LogP contribution in [0.15, 0.2) is 30.9 Å². The predicted molar refractivity (Wildman–Crippen MR) is 64.6 cm³/mol. The number of nitrogens with one attached hydrogen (secondary N) is 2. The molecule has 0 aliphatic heterocycles. The van der Waals surface area contributed by atoms with E-state index in [-0.39, 0.29) is 18.1 Å². The summed E-state index contributed by atoms with van der Waals surface area (Å²) in [6, 6.07) is 4.16. The first-order chi connectivity index (χ1) is 8.17. The normalized spacial score (nSPS) is 9.76. The summed E-state index contributed by atoms with van der Waals surface area (Å²) in [4.78, 5) is 11.4. The van der Waals surface area contributed by atoms with E-state index in [9.17, 15) is 9.18 Å². The van der Waals surface area contributed by atoms with Gasteiger partial charge in [-0.15, -0.1) is 6.58 Å². The molecule has 1 amide bonds. The minimum Gasteiger partial charge on any atom is -0.497 e. The molecule has 0 saturated carbocycles. The summed E-state index contributed by atoms with van der Waals surface area (Å²) in [6.45, 7) is 4.13. The van der Waals surface area contributed by atoms with Gasteiger partial charge in [-0.1, -0.05) is 6.08 Å². The maximum atomic E-state index is 13.3. The SMILES string of the molecule is C=CCNCC(=O)Nc1cc(OC)ccc1F. The molecule has 1 rings (SSSR count). The number of carbonyl (C=O) groups is 1. The lowest BCUT2D eigenvalue weighted by molar-refractivity contribution is -0.115. The highest BCUT2D eigenvalue weighted by molar-refractivity contribution is 5.92. The highest BCUT2D eigenvalue weighted by atomic mass is 19.1. The topological polar surface area (TPSA) is 50.4 Å². The molecule has 0 atom stereocenters. The quantitative estimate of drug-likeness (QED) is 0.584. The zero-order valence-electron chi connectivity index (χ0n) is 9.63. The van der Waals surface area contributed by atoms with E-state index in [4.69, 9.17) is 4.74 Å². The Hall–Kier alpha value is -1.88. The summed E-state index contributed by atoms with van der Waals surface area (Å²) in [7, 11) is 1.48. The van der Waals surface area contributed by atoms with Gasteiger partial charge in [0.1, 0.15) is 11.6 Å². The summed E-state index contributed by atoms with van der Waals surface area (Å²) >= 11 is 0. The van der Waals surface area contributed by atoms with Crippen LogP contribution in [0.5, 0.6) is 5.75 Å². The lowest BCUT2D eigenvalue weighted by Crippen LogP contribution is -2.28. The van der Waals surface area contributed by atoms with Gasteiger partial charge >= 0.3 is 0 Å². The van der Waals surface area contributed by atoms with Crippen molar-refractivity contribution in [2.75, 3.05) is 25.5 Å². The van der Waals surface area contributed by atoms with Crippen molar-refractivity contribution in [2.24, 2.45) is 0 Å². The van der Waals surface area contributed by atoms with Gasteiger partial charge in [0.25, 0.3) is 0 Å². The molecule has 5 heteroatoms. The lowest BCUT2D eigenvalue weighted by Gasteiger charge is -2.08. The molecule has 0 aliphatic carbocycles. The molecule has 1 aromatic rings. The Labute approximate surface area is 99.5 Å². The third kappa shape index (κ3) is 4.24. The molecule has 0 aromatic heterocycles. The third-order valence-electron chi connectivity index (χ3n) is 2.02. The minimum atomic E-state index is -0.497. The number of carbonyl (C=O) groups excluding carboxylic acids is 1. The molecular formula is C12H15FN2O2. The van der Waals surface area contributed by atoms with Gasteiger partial charge in [-0.25, -0.2) is 4.39 Å². The van der Waals surface area contributed by atoms with Gasteiger partial charge in [-0.05, 0) is 12.1 Å². The standard InChI is InChI=1S/C12H15FN2O2/c1-3-6-14-8-12(16)15-11-7-9(17-2)4-5-10(11)13/h3-5,7,14H,1,6,8H2,2H3,(H,15,16). The molecule has 0 bridgehead atoms. The number of methoxy groups -OCH3 is 1. The summed E-state index contributed by atoms with van der Waals surface area (Å²) in [5, 5.41) is 5.27. The first-order valence-electron chi connectivity index (χ1n) is 5.12. The maximum Gasteiger partial charge on any atom is 0.238 e. The summed E-state index contributed by atoms with van der Waals surface area (Å²) in [5.74, 6) is -0.331. The van der Waals surface area contributed by atoms with Gasteiger partial charge in [0, 0.05) is 12.6 Å². The molecule has 0 heterocycles. The van der Waals surface area contributed by atoms with Crippen LogP contribution in [0.1, 0.15) is 0 Å². The zero-order chi connectivity index (χ0) is 12.7. The number of halogens is 1. The smallest absolute Gasteiger partial charge is 0.238 e. The number of amides is 1. The number of rotatable bonds is 6. The first-order valence-corrected chi connectivity index (χ1v) is 5.12. The van der Waals surface area contributed by atoms with Crippen molar-refractivity contribution >= 4 is 11.6 Å². The second kappa shape index (κ2) is 6.65. The highest BCUT2D eigenvalue weighted by Crippen LogP contribution is 2.20. The Bertz CT molecular complexity index is 407. The minimum absolute atomic E-state index is 0.0999. The van der Waals surface area contributed by atoms with Crippen LogP contribution in [-0.2, 0) is 4.79 Å². The average Bonchev–Trinajstić information content (AvgIpc) is 2.32. The van der Waals surface area contributed by atoms with Crippen molar-refractivity contribution in [3.8, 4) is 5.75 Å². The van der Waals surface area contributed by atoms with Crippen LogP contribution in [-0.4, -0.2) is 26.1 Å². The second-order valence-corrected chi connectivity index (χ2v) is 3.31. The van der Waals surface area contributed by atoms with Gasteiger partial charge in [0.2, 0.25) is 5.91 Å². The van der Waals surface area contributed by atoms with Crippen molar-refractivity contribution in [3.63, 3.8) is 0 Å². The van der Waals surface area contributed by atoms with E-state index in [1.54, 1.807) is 6.08 Å². The fourth-order valence-electron chi connectivity index (χ4n) is 1.21. The molecule has 17 heavy (non-hydrogen) atoms. The molecule has 0 unspecified atom stereocenters. The van der Waals surface area contributed by atoms with Crippen LogP contribution in [0.3, 0.4) is 0 Å². The van der Waals surface area contributed by atoms with Gasteiger partial charge in [0.05, 0.1) is 19.3 Å². The molecule has 0 fully saturated rings. The molecule has 2 N–H and O–H groups in total. The Balaban J connectivity index is 2.60. The van der Waals surface area contributed by atoms with E-state index < -0.39 is 5.82 Å². The number of benzene rings is 1. The maximum absolute atomic E-state index is 13.3. The van der Waals surface area contributed by atoms with Crippen LogP contribution in [0.2, 0.25) is 0 Å². The van der Waals surface area contributed by atoms with E-state index in [2.05, 4.69) is 17.2 Å². The van der Waals surface area contributed by atoms with Crippen molar-refractivity contribution in [2.45, 2.75) is 0 Å². The van der Waals surface area contributed by atoms with Crippen LogP contribution >= 0.6 is 0 Å². The lowest BCUT2D eigenvalue weighted by atomic mass is 10.3. The fraction of sp³-hybridized carbons (Fsp3) is 0.250. The number of hydrogen-bond donors (Lipinski definition) is 2. The van der Waals surface area contributed by atoms with Crippen LogP contribution in [0.4, 0.5) is 10.1 Å². The molecule has 4 nitrogen and oxygen atoms in total. The molecule has 1 aromatic carbocycles. The van der Waals surface area contributed by atoms with E-state index in [1.807, 2.05) is 0 Å². The van der Waals surface area contributed by atoms with Gasteiger partial charge in [-0.2, -0.15) is 0 Å². The molecule has 0 saturated heterocycles. The molecule has 92 valence electrons. The molecule has 0 radical (unpaired) electrons. The third-order valence-corrected chi connectivity index (χ3v) is 2.02. The van der Waals surface area contributed by atoms with Gasteiger partial charge < -0.3 is 15.4 Å². The number of hydrogen-bond acceptors (Lipinski definition) is 3. The van der Waals surface area contributed by atoms with E-state index >= 15 is 0 Å². The fourth-order valence-corrected chi connectivity index (χ4v) is 1.21. The first kappa shape index (κ1) is 13.2. The Morgan fingerprint density at radius 3 is 3.00 bits per heavy atom. The Morgan fingerprint density at radius 1 is 1.59 bits per heavy atom. The Kier molecular flexibility index (Phi) is 5.16. The van der Waals surface area contributed by atoms with E-state index in [1.165, 1.54) is 25.3 Å². The van der Waals surface area contributed by atoms with Crippen molar-refractivity contribution in [1.82, 2.24) is 5.32 Å². The summed E-state index contributed by atoms with van der Waals surface area (Å²) < 4.78 is 18.3. The highest BCUT2D eigenvalue weighted by Gasteiger charge is 2.07. The molecule has 0 aliphatic rings. The zero-order valence-corrected chi connectivity index (χ0v) is 9.63. The van der Waals surface area contributed by atoms with Gasteiger partial charge in [0.15, 0.2) is 0 Å². The van der Waals surface area contributed by atoms with Crippen molar-refractivity contribution < 1.29 is 13.9 Å². The number of ether oxygens (including phenoxy) is 1. The largest absolute Gasteiger partial charge is 0.497 e. The predicted octanol–water partition coefficient (Wildman–Crippen LogP) is 1.55. The van der Waals surface area contributed by atoms with E-state index in [0.29, 0.717) is 12.3 Å². The van der Waals surface area contributed by atoms with Crippen molar-refractivity contribution in [1.29, 1.82) is 0 Å². The van der Waals surface area contributed by atoms with Crippen LogP contribution in [0, 0.1) is 5.82 Å². The second-order valence-electron chi connectivity index (χ2n) is 3.31. The molecular weight excluding hydrogens is 223 g/mol. The van der Waals surface area contributed by atoms with Crippen molar-refractivity contribution in [3.05, 3.63) is 36.7 Å². The van der Waals surface area contributed by atoms with Crippen LogP contribution < -0.4 is 15.4 Å². The van der Waals surface area contributed by atoms with Crippen LogP contribution in [0.25, 0.3) is 0 Å². The van der Waals surface area contributed by atoms with E-state index in [0.717, 1.165) is 0 Å². The Morgan fingerprint density at radius 2 is 2.35 bits per heavy atom. The van der Waals surface area contributed by atoms with Gasteiger partial charge in [-0.3, -0.25) is 4.79 Å². The summed E-state index contributed by atoms with van der Waals surface area (Å²) in [6.07, 6.45) is 1.64.